The number of rotatable bonds is 7. The third kappa shape index (κ3) is 5.35. The predicted molar refractivity (Wildman–Crippen MR) is 131 cm³/mol. The molecule has 9 heteroatoms. The Kier molecular flexibility index (Phi) is 7.20. The summed E-state index contributed by atoms with van der Waals surface area (Å²) >= 11 is 2.84. The number of likely N-dealkylation sites (N-methyl/N-ethyl adjacent to an activating group) is 1. The summed E-state index contributed by atoms with van der Waals surface area (Å²) in [6.45, 7) is 8.50. The molecule has 1 aliphatic rings. The third-order valence-electron chi connectivity index (χ3n) is 5.84. The third-order valence-corrected chi connectivity index (χ3v) is 7.61. The van der Waals surface area contributed by atoms with E-state index in [1.54, 1.807) is 18.4 Å². The highest BCUT2D eigenvalue weighted by Gasteiger charge is 2.21. The van der Waals surface area contributed by atoms with Crippen LogP contribution in [0.4, 0.5) is 5.13 Å². The molecule has 170 valence electrons. The Labute approximate surface area is 197 Å². The Hall–Kier alpha value is -2.33. The number of carbonyl (C=O) groups is 1. The number of amides is 1. The van der Waals surface area contributed by atoms with Crippen molar-refractivity contribution >= 4 is 33.9 Å². The lowest BCUT2D eigenvalue weighted by Crippen LogP contribution is -2.48. The standard InChI is InChI=1S/C23H29N5O2S2/c1-15(28-10-8-27(3)9-11-28)12-21-24-23(32-26-21)25-22(29)19-14-20(31-16(19)2)17-6-5-7-18(13-17)30-4/h5-7,13-15H,8-12H2,1-4H3,(H,24,25,26,29). The van der Waals surface area contributed by atoms with Crippen LogP contribution < -0.4 is 10.1 Å². The zero-order valence-electron chi connectivity index (χ0n) is 18.9. The molecule has 0 radical (unpaired) electrons. The molecule has 2 aromatic heterocycles. The summed E-state index contributed by atoms with van der Waals surface area (Å²) in [7, 11) is 3.81. The number of anilines is 1. The van der Waals surface area contributed by atoms with Crippen molar-refractivity contribution in [2.45, 2.75) is 26.3 Å². The summed E-state index contributed by atoms with van der Waals surface area (Å²) in [4.78, 5) is 24.3. The molecule has 1 amide bonds. The van der Waals surface area contributed by atoms with Crippen LogP contribution in [0.5, 0.6) is 5.75 Å². The Balaban J connectivity index is 1.39. The van der Waals surface area contributed by atoms with E-state index >= 15 is 0 Å². The highest BCUT2D eigenvalue weighted by molar-refractivity contribution is 7.15. The van der Waals surface area contributed by atoms with Crippen molar-refractivity contribution in [2.75, 3.05) is 45.7 Å². The number of aromatic nitrogens is 2. The van der Waals surface area contributed by atoms with Gasteiger partial charge in [-0.2, -0.15) is 4.37 Å². The Morgan fingerprint density at radius 1 is 1.25 bits per heavy atom. The van der Waals surface area contributed by atoms with Crippen molar-refractivity contribution in [2.24, 2.45) is 0 Å². The Morgan fingerprint density at radius 2 is 2.03 bits per heavy atom. The van der Waals surface area contributed by atoms with Gasteiger partial charge < -0.3 is 9.64 Å². The normalized spacial score (nSPS) is 16.1. The maximum absolute atomic E-state index is 12.9. The van der Waals surface area contributed by atoms with Crippen LogP contribution in [-0.2, 0) is 6.42 Å². The van der Waals surface area contributed by atoms with E-state index in [1.165, 1.54) is 11.5 Å². The fourth-order valence-corrected chi connectivity index (χ4v) is 5.44. The van der Waals surface area contributed by atoms with Crippen molar-refractivity contribution in [3.8, 4) is 16.2 Å². The number of hydrogen-bond acceptors (Lipinski definition) is 8. The Morgan fingerprint density at radius 3 is 2.78 bits per heavy atom. The second-order valence-electron chi connectivity index (χ2n) is 8.17. The lowest BCUT2D eigenvalue weighted by molar-refractivity contribution is 0.102. The van der Waals surface area contributed by atoms with Gasteiger partial charge in [0.1, 0.15) is 11.6 Å². The van der Waals surface area contributed by atoms with E-state index in [2.05, 4.69) is 38.4 Å². The molecular weight excluding hydrogens is 442 g/mol. The number of piperazine rings is 1. The van der Waals surface area contributed by atoms with Crippen molar-refractivity contribution in [3.63, 3.8) is 0 Å². The average Bonchev–Trinajstić information content (AvgIpc) is 3.40. The molecule has 3 heterocycles. The number of benzene rings is 1. The summed E-state index contributed by atoms with van der Waals surface area (Å²) < 4.78 is 9.79. The minimum Gasteiger partial charge on any atom is -0.497 e. The van der Waals surface area contributed by atoms with Gasteiger partial charge in [-0.3, -0.25) is 15.0 Å². The summed E-state index contributed by atoms with van der Waals surface area (Å²) in [6, 6.07) is 10.2. The molecule has 7 nitrogen and oxygen atoms in total. The fraction of sp³-hybridized carbons (Fsp3) is 0.435. The summed E-state index contributed by atoms with van der Waals surface area (Å²) in [5.41, 5.74) is 1.70. The number of carbonyl (C=O) groups excluding carboxylic acids is 1. The van der Waals surface area contributed by atoms with Crippen LogP contribution in [0.15, 0.2) is 30.3 Å². The van der Waals surface area contributed by atoms with Gasteiger partial charge in [0.05, 0.1) is 12.7 Å². The SMILES string of the molecule is COc1cccc(-c2cc(C(=O)Nc3nc(CC(C)N4CCN(C)CC4)ns3)c(C)s2)c1. The summed E-state index contributed by atoms with van der Waals surface area (Å²) in [6.07, 6.45) is 0.785. The van der Waals surface area contributed by atoms with Gasteiger partial charge in [0.25, 0.3) is 5.91 Å². The zero-order valence-corrected chi connectivity index (χ0v) is 20.6. The molecule has 1 fully saturated rings. The van der Waals surface area contributed by atoms with E-state index in [0.717, 1.165) is 59.5 Å². The molecule has 3 aromatic rings. The molecule has 32 heavy (non-hydrogen) atoms. The lowest BCUT2D eigenvalue weighted by Gasteiger charge is -2.36. The van der Waals surface area contributed by atoms with Crippen LogP contribution in [0.3, 0.4) is 0 Å². The summed E-state index contributed by atoms with van der Waals surface area (Å²) in [5, 5.41) is 3.48. The highest BCUT2D eigenvalue weighted by atomic mass is 32.1. The van der Waals surface area contributed by atoms with Crippen LogP contribution in [0.2, 0.25) is 0 Å². The van der Waals surface area contributed by atoms with Gasteiger partial charge in [0, 0.05) is 59.9 Å². The van der Waals surface area contributed by atoms with Gasteiger partial charge in [0.15, 0.2) is 0 Å². The number of nitrogens with zero attached hydrogens (tertiary/aromatic N) is 4. The smallest absolute Gasteiger partial charge is 0.258 e. The van der Waals surface area contributed by atoms with Gasteiger partial charge in [-0.25, -0.2) is 4.98 Å². The van der Waals surface area contributed by atoms with Gasteiger partial charge in [-0.05, 0) is 44.7 Å². The predicted octanol–water partition coefficient (Wildman–Crippen LogP) is 4.01. The van der Waals surface area contributed by atoms with Crippen molar-refractivity contribution in [3.05, 3.63) is 46.6 Å². The topological polar surface area (TPSA) is 70.6 Å². The lowest BCUT2D eigenvalue weighted by atomic mass is 10.1. The number of ether oxygens (including phenoxy) is 1. The van der Waals surface area contributed by atoms with E-state index in [4.69, 9.17) is 4.74 Å². The quantitative estimate of drug-likeness (QED) is 0.561. The molecule has 0 spiro atoms. The Bertz CT molecular complexity index is 1070. The molecule has 4 rings (SSSR count). The molecule has 0 aliphatic carbocycles. The molecule has 1 N–H and O–H groups in total. The van der Waals surface area contributed by atoms with Crippen LogP contribution in [-0.4, -0.2) is 71.4 Å². The van der Waals surface area contributed by atoms with Crippen molar-refractivity contribution < 1.29 is 9.53 Å². The van der Waals surface area contributed by atoms with Gasteiger partial charge in [0.2, 0.25) is 5.13 Å². The number of methoxy groups -OCH3 is 1. The number of nitrogens with one attached hydrogen (secondary N) is 1. The van der Waals surface area contributed by atoms with Gasteiger partial charge in [-0.15, -0.1) is 11.3 Å². The second-order valence-corrected chi connectivity index (χ2v) is 10.2. The monoisotopic (exact) mass is 471 g/mol. The second kappa shape index (κ2) is 10.1. The first-order valence-corrected chi connectivity index (χ1v) is 12.3. The molecule has 0 bridgehead atoms. The molecule has 1 saturated heterocycles. The molecule has 1 aromatic carbocycles. The minimum absolute atomic E-state index is 0.150. The first-order valence-electron chi connectivity index (χ1n) is 10.7. The number of thiophene rings is 1. The van der Waals surface area contributed by atoms with Crippen LogP contribution in [0.25, 0.3) is 10.4 Å². The molecular formula is C23H29N5O2S2. The maximum atomic E-state index is 12.9. The van der Waals surface area contributed by atoms with E-state index in [0.29, 0.717) is 16.7 Å². The number of aryl methyl sites for hydroxylation is 1. The summed E-state index contributed by atoms with van der Waals surface area (Å²) in [5.74, 6) is 1.44. The minimum atomic E-state index is -0.150. The van der Waals surface area contributed by atoms with Gasteiger partial charge in [-0.1, -0.05) is 12.1 Å². The van der Waals surface area contributed by atoms with Crippen molar-refractivity contribution in [1.29, 1.82) is 0 Å². The van der Waals surface area contributed by atoms with Crippen LogP contribution in [0, 0.1) is 6.92 Å². The van der Waals surface area contributed by atoms with E-state index < -0.39 is 0 Å². The van der Waals surface area contributed by atoms with Crippen molar-refractivity contribution in [1.82, 2.24) is 19.2 Å². The molecule has 0 saturated carbocycles. The first kappa shape index (κ1) is 22.8. The molecule has 1 unspecified atom stereocenters. The van der Waals surface area contributed by atoms with Crippen LogP contribution in [0.1, 0.15) is 28.0 Å². The number of hydrogen-bond donors (Lipinski definition) is 1. The molecule has 1 aliphatic heterocycles. The zero-order chi connectivity index (χ0) is 22.7. The molecule has 1 atom stereocenters. The van der Waals surface area contributed by atoms with E-state index in [1.807, 2.05) is 37.3 Å². The highest BCUT2D eigenvalue weighted by Crippen LogP contribution is 2.33. The fourth-order valence-electron chi connectivity index (χ4n) is 3.83. The van der Waals surface area contributed by atoms with E-state index in [-0.39, 0.29) is 5.91 Å². The van der Waals surface area contributed by atoms with Gasteiger partial charge >= 0.3 is 0 Å². The first-order chi connectivity index (χ1) is 15.4. The largest absolute Gasteiger partial charge is 0.497 e. The van der Waals surface area contributed by atoms with Crippen LogP contribution >= 0.6 is 22.9 Å². The average molecular weight is 472 g/mol. The maximum Gasteiger partial charge on any atom is 0.258 e. The van der Waals surface area contributed by atoms with E-state index in [9.17, 15) is 4.79 Å².